The van der Waals surface area contributed by atoms with Crippen molar-refractivity contribution in [3.63, 3.8) is 0 Å². The van der Waals surface area contributed by atoms with Gasteiger partial charge in [0.05, 0.1) is 6.04 Å². The first kappa shape index (κ1) is 15.2. The summed E-state index contributed by atoms with van der Waals surface area (Å²) in [7, 11) is 3.90. The lowest BCUT2D eigenvalue weighted by Crippen LogP contribution is -2.16. The molecule has 5 heteroatoms. The van der Waals surface area contributed by atoms with E-state index in [0.29, 0.717) is 0 Å². The quantitative estimate of drug-likeness (QED) is 0.915. The molecule has 2 aromatic heterocycles. The molecule has 0 fully saturated rings. The van der Waals surface area contributed by atoms with Crippen LogP contribution in [-0.4, -0.2) is 29.0 Å². The summed E-state index contributed by atoms with van der Waals surface area (Å²) in [4.78, 5) is 15.3. The average Bonchev–Trinajstić information content (AvgIpc) is 2.47. The minimum atomic E-state index is 0.146. The van der Waals surface area contributed by atoms with Gasteiger partial charge in [-0.3, -0.25) is 4.98 Å². The summed E-state index contributed by atoms with van der Waals surface area (Å²) in [5, 5.41) is 3.43. The van der Waals surface area contributed by atoms with E-state index in [9.17, 15) is 0 Å². The fraction of sp³-hybridized carbons (Fsp3) is 0.438. The second-order valence-corrected chi connectivity index (χ2v) is 5.39. The molecule has 0 saturated carbocycles. The summed E-state index contributed by atoms with van der Waals surface area (Å²) in [6.45, 7) is 6.19. The van der Waals surface area contributed by atoms with Crippen LogP contribution in [0.3, 0.4) is 0 Å². The Morgan fingerprint density at radius 1 is 1.24 bits per heavy atom. The van der Waals surface area contributed by atoms with E-state index in [1.807, 2.05) is 44.2 Å². The van der Waals surface area contributed by atoms with Crippen molar-refractivity contribution < 1.29 is 0 Å². The second kappa shape index (κ2) is 6.52. The molecular weight excluding hydrogens is 262 g/mol. The molecule has 0 saturated heterocycles. The van der Waals surface area contributed by atoms with Crippen LogP contribution in [0.15, 0.2) is 24.4 Å². The fourth-order valence-corrected chi connectivity index (χ4v) is 1.98. The smallest absolute Gasteiger partial charge is 0.226 e. The normalized spacial score (nSPS) is 12.0. The minimum Gasteiger partial charge on any atom is -0.363 e. The number of rotatable bonds is 5. The highest BCUT2D eigenvalue weighted by atomic mass is 15.2. The van der Waals surface area contributed by atoms with E-state index < -0.39 is 0 Å². The molecule has 112 valence electrons. The van der Waals surface area contributed by atoms with Crippen molar-refractivity contribution in [2.45, 2.75) is 33.2 Å². The SMILES string of the molecule is CCc1cc(NC(C)c2ccc(C)nc2)nc(N(C)C)n1. The summed E-state index contributed by atoms with van der Waals surface area (Å²) >= 11 is 0. The first-order valence-corrected chi connectivity index (χ1v) is 7.24. The first-order valence-electron chi connectivity index (χ1n) is 7.24. The summed E-state index contributed by atoms with van der Waals surface area (Å²) in [5.41, 5.74) is 3.20. The second-order valence-electron chi connectivity index (χ2n) is 5.39. The molecule has 0 aromatic carbocycles. The van der Waals surface area contributed by atoms with E-state index >= 15 is 0 Å². The molecule has 5 nitrogen and oxygen atoms in total. The topological polar surface area (TPSA) is 53.9 Å². The maximum Gasteiger partial charge on any atom is 0.226 e. The molecule has 0 bridgehead atoms. The van der Waals surface area contributed by atoms with E-state index in [1.54, 1.807) is 0 Å². The van der Waals surface area contributed by atoms with Crippen LogP contribution in [0.25, 0.3) is 0 Å². The summed E-state index contributed by atoms with van der Waals surface area (Å²) in [5.74, 6) is 1.57. The lowest BCUT2D eigenvalue weighted by Gasteiger charge is -2.18. The van der Waals surface area contributed by atoms with Gasteiger partial charge in [0.2, 0.25) is 5.95 Å². The van der Waals surface area contributed by atoms with Gasteiger partial charge in [-0.05, 0) is 31.9 Å². The Labute approximate surface area is 126 Å². The Morgan fingerprint density at radius 2 is 2.00 bits per heavy atom. The molecule has 21 heavy (non-hydrogen) atoms. The van der Waals surface area contributed by atoms with E-state index in [-0.39, 0.29) is 6.04 Å². The number of nitrogens with zero attached hydrogens (tertiary/aromatic N) is 4. The molecule has 2 aromatic rings. The largest absolute Gasteiger partial charge is 0.363 e. The van der Waals surface area contributed by atoms with Gasteiger partial charge in [-0.1, -0.05) is 13.0 Å². The highest BCUT2D eigenvalue weighted by Gasteiger charge is 2.10. The van der Waals surface area contributed by atoms with Crippen molar-refractivity contribution in [3.05, 3.63) is 41.3 Å². The van der Waals surface area contributed by atoms with Crippen molar-refractivity contribution >= 4 is 11.8 Å². The maximum atomic E-state index is 4.55. The van der Waals surface area contributed by atoms with Gasteiger partial charge >= 0.3 is 0 Å². The van der Waals surface area contributed by atoms with Gasteiger partial charge in [-0.15, -0.1) is 0 Å². The predicted molar refractivity (Wildman–Crippen MR) is 86.7 cm³/mol. The minimum absolute atomic E-state index is 0.146. The van der Waals surface area contributed by atoms with Crippen LogP contribution >= 0.6 is 0 Å². The molecule has 1 atom stereocenters. The maximum absolute atomic E-state index is 4.55. The number of aromatic nitrogens is 3. The number of anilines is 2. The average molecular weight is 285 g/mol. The van der Waals surface area contributed by atoms with Gasteiger partial charge in [0, 0.05) is 37.7 Å². The van der Waals surface area contributed by atoms with Crippen molar-refractivity contribution in [2.24, 2.45) is 0 Å². The van der Waals surface area contributed by atoms with E-state index in [4.69, 9.17) is 0 Å². The zero-order chi connectivity index (χ0) is 15.4. The molecular formula is C16H23N5. The Hall–Kier alpha value is -2.17. The Balaban J connectivity index is 2.21. The Bertz CT molecular complexity index is 592. The zero-order valence-electron chi connectivity index (χ0n) is 13.4. The van der Waals surface area contributed by atoms with Crippen molar-refractivity contribution in [2.75, 3.05) is 24.3 Å². The molecule has 1 N–H and O–H groups in total. The lowest BCUT2D eigenvalue weighted by atomic mass is 10.1. The third kappa shape index (κ3) is 3.90. The summed E-state index contributed by atoms with van der Waals surface area (Å²) < 4.78 is 0. The van der Waals surface area contributed by atoms with Gasteiger partial charge in [0.25, 0.3) is 0 Å². The number of nitrogens with one attached hydrogen (secondary N) is 1. The standard InChI is InChI=1S/C16H23N5/c1-6-14-9-15(20-16(19-14)21(4)5)18-12(3)13-8-7-11(2)17-10-13/h7-10,12H,6H2,1-5H3,(H,18,19,20). The number of pyridine rings is 1. The first-order chi connectivity index (χ1) is 9.99. The molecule has 2 heterocycles. The highest BCUT2D eigenvalue weighted by molar-refractivity contribution is 5.44. The van der Waals surface area contributed by atoms with Crippen LogP contribution in [0.1, 0.15) is 36.8 Å². The van der Waals surface area contributed by atoms with Crippen LogP contribution in [0.2, 0.25) is 0 Å². The zero-order valence-corrected chi connectivity index (χ0v) is 13.4. The lowest BCUT2D eigenvalue weighted by molar-refractivity contribution is 0.851. The van der Waals surface area contributed by atoms with Crippen LogP contribution in [0, 0.1) is 6.92 Å². The molecule has 0 aliphatic rings. The molecule has 0 amide bonds. The van der Waals surface area contributed by atoms with E-state index in [0.717, 1.165) is 35.1 Å². The fourth-order valence-electron chi connectivity index (χ4n) is 1.98. The summed E-state index contributed by atoms with van der Waals surface area (Å²) in [6.07, 6.45) is 2.79. The van der Waals surface area contributed by atoms with Crippen molar-refractivity contribution in [1.82, 2.24) is 15.0 Å². The molecule has 0 spiro atoms. The van der Waals surface area contributed by atoms with E-state index in [2.05, 4.69) is 40.2 Å². The number of hydrogen-bond donors (Lipinski definition) is 1. The highest BCUT2D eigenvalue weighted by Crippen LogP contribution is 2.19. The van der Waals surface area contributed by atoms with Crippen LogP contribution in [0.5, 0.6) is 0 Å². The third-order valence-electron chi connectivity index (χ3n) is 3.33. The summed E-state index contributed by atoms with van der Waals surface area (Å²) in [6, 6.07) is 6.27. The molecule has 0 radical (unpaired) electrons. The van der Waals surface area contributed by atoms with Crippen LogP contribution in [-0.2, 0) is 6.42 Å². The van der Waals surface area contributed by atoms with Gasteiger partial charge in [0.15, 0.2) is 0 Å². The number of hydrogen-bond acceptors (Lipinski definition) is 5. The molecule has 0 aliphatic carbocycles. The Kier molecular flexibility index (Phi) is 4.73. The van der Waals surface area contributed by atoms with Gasteiger partial charge in [-0.2, -0.15) is 4.98 Å². The third-order valence-corrected chi connectivity index (χ3v) is 3.33. The molecule has 1 unspecified atom stereocenters. The number of aryl methyl sites for hydroxylation is 2. The van der Waals surface area contributed by atoms with Gasteiger partial charge < -0.3 is 10.2 Å². The van der Waals surface area contributed by atoms with Gasteiger partial charge in [0.1, 0.15) is 5.82 Å². The molecule has 0 aliphatic heterocycles. The monoisotopic (exact) mass is 285 g/mol. The van der Waals surface area contributed by atoms with Crippen molar-refractivity contribution in [3.8, 4) is 0 Å². The predicted octanol–water partition coefficient (Wildman–Crippen LogP) is 2.98. The Morgan fingerprint density at radius 3 is 2.57 bits per heavy atom. The van der Waals surface area contributed by atoms with Gasteiger partial charge in [-0.25, -0.2) is 4.98 Å². The van der Waals surface area contributed by atoms with Crippen molar-refractivity contribution in [1.29, 1.82) is 0 Å². The van der Waals surface area contributed by atoms with Crippen LogP contribution in [0.4, 0.5) is 11.8 Å². The van der Waals surface area contributed by atoms with E-state index in [1.165, 1.54) is 0 Å². The van der Waals surface area contributed by atoms with Crippen LogP contribution < -0.4 is 10.2 Å². The molecule has 2 rings (SSSR count).